The number of nitrogens with one attached hydrogen (secondary N) is 1. The van der Waals surface area contributed by atoms with Crippen molar-refractivity contribution in [2.45, 2.75) is 91.0 Å². The molecular formula is C39H45NO18. The van der Waals surface area contributed by atoms with Crippen molar-refractivity contribution >= 4 is 53.7 Å². The van der Waals surface area contributed by atoms with Gasteiger partial charge in [0.05, 0.1) is 19.1 Å². The van der Waals surface area contributed by atoms with Crippen LogP contribution >= 0.6 is 0 Å². The number of esters is 8. The van der Waals surface area contributed by atoms with Crippen molar-refractivity contribution in [3.8, 4) is 0 Å². The molecule has 1 fully saturated rings. The minimum atomic E-state index is -3.33. The fourth-order valence-corrected chi connectivity index (χ4v) is 6.25. The highest BCUT2D eigenvalue weighted by Crippen LogP contribution is 2.46. The molecule has 0 saturated carbocycles. The van der Waals surface area contributed by atoms with Crippen molar-refractivity contribution < 1.29 is 85.8 Å². The summed E-state index contributed by atoms with van der Waals surface area (Å²) in [5.41, 5.74) is 0.903. The summed E-state index contributed by atoms with van der Waals surface area (Å²) in [5.74, 6) is -18.7. The number of hydrogen-bond acceptors (Lipinski definition) is 18. The van der Waals surface area contributed by atoms with Crippen LogP contribution in [0.15, 0.2) is 60.7 Å². The van der Waals surface area contributed by atoms with E-state index >= 15 is 0 Å². The zero-order valence-corrected chi connectivity index (χ0v) is 32.8. The van der Waals surface area contributed by atoms with E-state index in [0.717, 1.165) is 48.7 Å². The molecule has 314 valence electrons. The van der Waals surface area contributed by atoms with Crippen LogP contribution in [0.5, 0.6) is 0 Å². The number of rotatable bonds is 17. The van der Waals surface area contributed by atoms with Gasteiger partial charge in [-0.15, -0.1) is 0 Å². The van der Waals surface area contributed by atoms with Crippen molar-refractivity contribution in [1.29, 1.82) is 0 Å². The van der Waals surface area contributed by atoms with Crippen LogP contribution in [0.25, 0.3) is 0 Å². The van der Waals surface area contributed by atoms with Crippen LogP contribution in [-0.4, -0.2) is 104 Å². The molecule has 58 heavy (non-hydrogen) atoms. The summed E-state index contributed by atoms with van der Waals surface area (Å²) in [6.45, 7) is 3.92. The van der Waals surface area contributed by atoms with Crippen LogP contribution in [-0.2, 0) is 99.0 Å². The quantitative estimate of drug-likeness (QED) is 0.135. The summed E-state index contributed by atoms with van der Waals surface area (Å²) in [6, 6.07) is 14.5. The maximum absolute atomic E-state index is 14.4. The average Bonchev–Trinajstić information content (AvgIpc) is 3.15. The van der Waals surface area contributed by atoms with Gasteiger partial charge in [0, 0.05) is 41.5 Å². The largest absolute Gasteiger partial charge is 0.464 e. The monoisotopic (exact) mass is 815 g/mol. The molecule has 0 unspecified atom stereocenters. The second-order valence-corrected chi connectivity index (χ2v) is 12.9. The van der Waals surface area contributed by atoms with E-state index in [0.29, 0.717) is 11.1 Å². The number of benzene rings is 2. The molecule has 1 amide bonds. The Morgan fingerprint density at radius 1 is 0.672 bits per heavy atom. The van der Waals surface area contributed by atoms with E-state index in [4.69, 9.17) is 42.6 Å². The van der Waals surface area contributed by atoms with Gasteiger partial charge < -0.3 is 47.9 Å². The summed E-state index contributed by atoms with van der Waals surface area (Å²) >= 11 is 0. The Balaban J connectivity index is 2.43. The Morgan fingerprint density at radius 2 is 1.19 bits per heavy atom. The van der Waals surface area contributed by atoms with E-state index in [1.54, 1.807) is 60.7 Å². The molecule has 3 rings (SSSR count). The first kappa shape index (κ1) is 46.0. The molecule has 19 heteroatoms. The number of methoxy groups -OCH3 is 1. The van der Waals surface area contributed by atoms with Crippen molar-refractivity contribution in [3.63, 3.8) is 0 Å². The van der Waals surface area contributed by atoms with Gasteiger partial charge in [0.15, 0.2) is 18.1 Å². The van der Waals surface area contributed by atoms with Crippen LogP contribution in [0.3, 0.4) is 0 Å². The number of ether oxygens (including phenoxy) is 9. The lowest BCUT2D eigenvalue weighted by Gasteiger charge is -2.52. The molecule has 7 atom stereocenters. The summed E-state index contributed by atoms with van der Waals surface area (Å²) in [5, 5.41) is 2.46. The SMILES string of the molecule is COC(=O)[C@]1(OC(C)=O)O[C@@H]([C@H](OC(C)=O)[C@@H](COC(C)=O)OC(C)=O)[C@H](NC(C)=O)[C@@H](OC(C)=O)[C@@H]1C(C(=O)OCc1ccccc1)C(=O)OCc1ccccc1. The molecule has 19 nitrogen and oxygen atoms in total. The van der Waals surface area contributed by atoms with E-state index < -0.39 is 122 Å². The first-order valence-corrected chi connectivity index (χ1v) is 17.7. The smallest absolute Gasteiger partial charge is 0.380 e. The van der Waals surface area contributed by atoms with E-state index in [1.165, 1.54) is 0 Å². The number of hydrogen-bond donors (Lipinski definition) is 1. The molecule has 0 aliphatic carbocycles. The molecule has 1 heterocycles. The van der Waals surface area contributed by atoms with Gasteiger partial charge in [0.2, 0.25) is 5.91 Å². The van der Waals surface area contributed by atoms with Gasteiger partial charge in [-0.05, 0) is 11.1 Å². The Kier molecular flexibility index (Phi) is 16.8. The predicted molar refractivity (Wildman–Crippen MR) is 192 cm³/mol. The Morgan fingerprint density at radius 3 is 1.60 bits per heavy atom. The second kappa shape index (κ2) is 21.2. The zero-order valence-electron chi connectivity index (χ0n) is 32.8. The van der Waals surface area contributed by atoms with Crippen molar-refractivity contribution in [1.82, 2.24) is 5.32 Å². The normalized spacial score (nSPS) is 20.8. The maximum atomic E-state index is 14.4. The third-order valence-corrected chi connectivity index (χ3v) is 8.32. The zero-order chi connectivity index (χ0) is 43.2. The van der Waals surface area contributed by atoms with Crippen LogP contribution in [0.4, 0.5) is 0 Å². The number of carbonyl (C=O) groups is 9. The van der Waals surface area contributed by atoms with Gasteiger partial charge in [0.1, 0.15) is 32.0 Å². The first-order chi connectivity index (χ1) is 27.4. The molecular weight excluding hydrogens is 770 g/mol. The standard InChI is InChI=1S/C39H45NO18/c1-21(41)40-32-34(56-25(5)45)31(30(36(47)52-18-27-14-10-8-11-15-27)37(48)53-19-28-16-12-9-13-17-28)39(38(49)50-7,57-26(6)46)58-35(32)33(55-24(4)44)29(54-23(3)43)20-51-22(2)42/h8-17,29-35H,18-20H2,1-7H3,(H,40,41)/t29-,31+,32-,33-,34+,35-,39-/m1/s1. The van der Waals surface area contributed by atoms with Crippen molar-refractivity contribution in [2.24, 2.45) is 11.8 Å². The molecule has 1 saturated heterocycles. The highest BCUT2D eigenvalue weighted by molar-refractivity contribution is 5.97. The first-order valence-electron chi connectivity index (χ1n) is 17.7. The molecule has 0 aromatic heterocycles. The number of carbonyl (C=O) groups excluding carboxylic acids is 9. The Bertz CT molecular complexity index is 1760. The van der Waals surface area contributed by atoms with Crippen LogP contribution in [0.1, 0.15) is 52.7 Å². The van der Waals surface area contributed by atoms with Crippen molar-refractivity contribution in [3.05, 3.63) is 71.8 Å². The second-order valence-electron chi connectivity index (χ2n) is 12.9. The van der Waals surface area contributed by atoms with Gasteiger partial charge in [-0.2, -0.15) is 0 Å². The molecule has 0 bridgehead atoms. The molecule has 1 N–H and O–H groups in total. The Labute approximate surface area is 332 Å². The minimum absolute atomic E-state index is 0.445. The maximum Gasteiger partial charge on any atom is 0.380 e. The van der Waals surface area contributed by atoms with Crippen molar-refractivity contribution in [2.75, 3.05) is 13.7 Å². The van der Waals surface area contributed by atoms with E-state index in [2.05, 4.69) is 5.32 Å². The third kappa shape index (κ3) is 12.6. The molecule has 1 aliphatic heterocycles. The summed E-state index contributed by atoms with van der Waals surface area (Å²) in [6.07, 6.45) is -8.05. The fraction of sp³-hybridized carbons (Fsp3) is 0.462. The lowest BCUT2D eigenvalue weighted by molar-refractivity contribution is -0.332. The summed E-state index contributed by atoms with van der Waals surface area (Å²) < 4.78 is 49.7. The van der Waals surface area contributed by atoms with Crippen LogP contribution in [0.2, 0.25) is 0 Å². The fourth-order valence-electron chi connectivity index (χ4n) is 6.25. The lowest BCUT2D eigenvalue weighted by Crippen LogP contribution is -2.75. The highest BCUT2D eigenvalue weighted by Gasteiger charge is 2.70. The van der Waals surface area contributed by atoms with Crippen LogP contribution < -0.4 is 5.32 Å². The minimum Gasteiger partial charge on any atom is -0.464 e. The third-order valence-electron chi connectivity index (χ3n) is 8.32. The lowest BCUT2D eigenvalue weighted by atomic mass is 9.73. The van der Waals surface area contributed by atoms with E-state index in [1.807, 2.05) is 0 Å². The highest BCUT2D eigenvalue weighted by atomic mass is 16.8. The molecule has 0 spiro atoms. The molecule has 1 aliphatic rings. The predicted octanol–water partition coefficient (Wildman–Crippen LogP) is 1.40. The van der Waals surface area contributed by atoms with Gasteiger partial charge in [-0.25, -0.2) is 4.79 Å². The van der Waals surface area contributed by atoms with E-state index in [-0.39, 0.29) is 0 Å². The molecule has 0 radical (unpaired) electrons. The van der Waals surface area contributed by atoms with Crippen LogP contribution in [0, 0.1) is 11.8 Å². The molecule has 2 aromatic rings. The molecule has 2 aromatic carbocycles. The Hall–Kier alpha value is -6.37. The van der Waals surface area contributed by atoms with Gasteiger partial charge in [-0.3, -0.25) is 38.4 Å². The van der Waals surface area contributed by atoms with Gasteiger partial charge >= 0.3 is 53.5 Å². The average molecular weight is 816 g/mol. The van der Waals surface area contributed by atoms with Gasteiger partial charge in [0.25, 0.3) is 0 Å². The summed E-state index contributed by atoms with van der Waals surface area (Å²) in [4.78, 5) is 119. The van der Waals surface area contributed by atoms with E-state index in [9.17, 15) is 43.2 Å². The number of amides is 1. The topological polar surface area (TPSA) is 249 Å². The summed E-state index contributed by atoms with van der Waals surface area (Å²) in [7, 11) is 0.826. The van der Waals surface area contributed by atoms with Gasteiger partial charge in [-0.1, -0.05) is 60.7 Å².